The van der Waals surface area contributed by atoms with Gasteiger partial charge >= 0.3 is 5.97 Å². The number of benzene rings is 1. The van der Waals surface area contributed by atoms with E-state index in [-0.39, 0.29) is 11.1 Å². The van der Waals surface area contributed by atoms with Crippen molar-refractivity contribution in [3.05, 3.63) is 41.5 Å². The topological polar surface area (TPSA) is 26.3 Å². The number of hydrogen-bond acceptors (Lipinski definition) is 2. The van der Waals surface area contributed by atoms with Crippen molar-refractivity contribution in [2.75, 3.05) is 7.11 Å². The lowest BCUT2D eigenvalue weighted by molar-refractivity contribution is 0.0589. The molecule has 0 N–H and O–H groups in total. The highest BCUT2D eigenvalue weighted by Crippen LogP contribution is 2.25. The second kappa shape index (κ2) is 4.68. The van der Waals surface area contributed by atoms with Gasteiger partial charge in [0.2, 0.25) is 0 Å². The first-order chi connectivity index (χ1) is 7.10. The molecule has 0 spiro atoms. The number of halogens is 2. The van der Waals surface area contributed by atoms with Crippen molar-refractivity contribution in [1.29, 1.82) is 0 Å². The molecular formula is C11H10F2O2. The van der Waals surface area contributed by atoms with Crippen LogP contribution in [0.5, 0.6) is 0 Å². The normalized spacial score (nSPS) is 10.1. The Morgan fingerprint density at radius 2 is 2.20 bits per heavy atom. The minimum Gasteiger partial charge on any atom is -0.465 e. The second-order valence-electron chi connectivity index (χ2n) is 2.84. The number of methoxy groups -OCH3 is 1. The van der Waals surface area contributed by atoms with Gasteiger partial charge in [-0.3, -0.25) is 0 Å². The molecular weight excluding hydrogens is 202 g/mol. The van der Waals surface area contributed by atoms with Gasteiger partial charge in [0.25, 0.3) is 6.43 Å². The zero-order valence-corrected chi connectivity index (χ0v) is 8.17. The van der Waals surface area contributed by atoms with Gasteiger partial charge in [0, 0.05) is 5.56 Å². The fraction of sp³-hybridized carbons (Fsp3) is 0.182. The number of esters is 1. The maximum absolute atomic E-state index is 12.6. The average molecular weight is 212 g/mol. The van der Waals surface area contributed by atoms with Crippen LogP contribution in [0.4, 0.5) is 8.78 Å². The molecule has 0 aliphatic heterocycles. The Kier molecular flexibility index (Phi) is 3.55. The van der Waals surface area contributed by atoms with Gasteiger partial charge in [-0.15, -0.1) is 0 Å². The first-order valence-corrected chi connectivity index (χ1v) is 4.23. The third kappa shape index (κ3) is 2.40. The van der Waals surface area contributed by atoms with Crippen LogP contribution >= 0.6 is 0 Å². The molecule has 1 aromatic carbocycles. The summed E-state index contributed by atoms with van der Waals surface area (Å²) in [5.74, 6) is -0.763. The molecule has 0 saturated carbocycles. The number of alkyl halides is 2. The summed E-state index contributed by atoms with van der Waals surface area (Å²) in [6.45, 7) is 3.46. The Balaban J connectivity index is 3.26. The molecule has 0 saturated heterocycles. The van der Waals surface area contributed by atoms with Crippen LogP contribution in [0.25, 0.3) is 6.08 Å². The van der Waals surface area contributed by atoms with E-state index in [1.165, 1.54) is 24.3 Å². The quantitative estimate of drug-likeness (QED) is 0.720. The van der Waals surface area contributed by atoms with Crippen molar-refractivity contribution in [1.82, 2.24) is 0 Å². The largest absolute Gasteiger partial charge is 0.465 e. The molecule has 0 fully saturated rings. The van der Waals surface area contributed by atoms with Gasteiger partial charge in [-0.2, -0.15) is 0 Å². The molecule has 1 rings (SSSR count). The van der Waals surface area contributed by atoms with Crippen LogP contribution in [-0.4, -0.2) is 13.1 Å². The Hall–Kier alpha value is -1.71. The fourth-order valence-electron chi connectivity index (χ4n) is 1.18. The van der Waals surface area contributed by atoms with Crippen LogP contribution in [0.1, 0.15) is 27.9 Å². The van der Waals surface area contributed by atoms with E-state index in [9.17, 15) is 13.6 Å². The van der Waals surface area contributed by atoms with Crippen LogP contribution in [0, 0.1) is 0 Å². The second-order valence-corrected chi connectivity index (χ2v) is 2.84. The highest BCUT2D eigenvalue weighted by Gasteiger charge is 2.18. The van der Waals surface area contributed by atoms with Gasteiger partial charge in [0.05, 0.1) is 12.7 Å². The number of ether oxygens (including phenoxy) is 1. The van der Waals surface area contributed by atoms with E-state index in [2.05, 4.69) is 11.3 Å². The zero-order chi connectivity index (χ0) is 11.4. The number of carbonyl (C=O) groups is 1. The molecule has 15 heavy (non-hydrogen) atoms. The molecule has 0 radical (unpaired) electrons. The predicted octanol–water partition coefficient (Wildman–Crippen LogP) is 3.05. The van der Waals surface area contributed by atoms with E-state index in [0.717, 1.165) is 7.11 Å². The molecule has 0 atom stereocenters. The van der Waals surface area contributed by atoms with Gasteiger partial charge in [-0.05, 0) is 17.7 Å². The maximum Gasteiger partial charge on any atom is 0.338 e. The smallest absolute Gasteiger partial charge is 0.338 e. The summed E-state index contributed by atoms with van der Waals surface area (Å²) < 4.78 is 29.6. The van der Waals surface area contributed by atoms with Gasteiger partial charge < -0.3 is 4.74 Å². The summed E-state index contributed by atoms with van der Waals surface area (Å²) in [5.41, 5.74) is 0.0929. The molecule has 0 bridgehead atoms. The lowest BCUT2D eigenvalue weighted by atomic mass is 10.0. The summed E-state index contributed by atoms with van der Waals surface area (Å²) in [7, 11) is 1.15. The van der Waals surface area contributed by atoms with E-state index in [1.807, 2.05) is 0 Å². The maximum atomic E-state index is 12.6. The molecule has 0 unspecified atom stereocenters. The molecule has 80 valence electrons. The molecule has 1 aromatic rings. The molecule has 0 aliphatic rings. The predicted molar refractivity (Wildman–Crippen MR) is 52.8 cm³/mol. The van der Waals surface area contributed by atoms with Gasteiger partial charge in [-0.25, -0.2) is 13.6 Å². The summed E-state index contributed by atoms with van der Waals surface area (Å²) in [5, 5.41) is 0. The van der Waals surface area contributed by atoms with Crippen molar-refractivity contribution in [3.8, 4) is 0 Å². The number of carbonyl (C=O) groups excluding carboxylic acids is 1. The molecule has 2 nitrogen and oxygen atoms in total. The minimum atomic E-state index is -2.71. The van der Waals surface area contributed by atoms with Crippen LogP contribution < -0.4 is 0 Å². The van der Waals surface area contributed by atoms with Crippen LogP contribution in [0.3, 0.4) is 0 Å². The minimum absolute atomic E-state index is 0.113. The lowest BCUT2D eigenvalue weighted by Gasteiger charge is -2.07. The van der Waals surface area contributed by atoms with E-state index in [4.69, 9.17) is 0 Å². The number of rotatable bonds is 3. The number of hydrogen-bond donors (Lipinski definition) is 0. The lowest BCUT2D eigenvalue weighted by Crippen LogP contribution is -2.06. The van der Waals surface area contributed by atoms with Crippen molar-refractivity contribution < 1.29 is 18.3 Å². The van der Waals surface area contributed by atoms with E-state index >= 15 is 0 Å². The van der Waals surface area contributed by atoms with Gasteiger partial charge in [0.1, 0.15) is 0 Å². The fourth-order valence-corrected chi connectivity index (χ4v) is 1.18. The third-order valence-electron chi connectivity index (χ3n) is 1.95. The molecule has 0 amide bonds. The third-order valence-corrected chi connectivity index (χ3v) is 1.95. The van der Waals surface area contributed by atoms with Crippen molar-refractivity contribution in [2.24, 2.45) is 0 Å². The van der Waals surface area contributed by atoms with Gasteiger partial charge in [0.15, 0.2) is 0 Å². The van der Waals surface area contributed by atoms with E-state index in [0.29, 0.717) is 5.56 Å². The Bertz CT molecular complexity index is 386. The van der Waals surface area contributed by atoms with Crippen molar-refractivity contribution >= 4 is 12.0 Å². The highest BCUT2D eigenvalue weighted by molar-refractivity contribution is 5.91. The summed E-state index contributed by atoms with van der Waals surface area (Å²) in [6, 6.07) is 4.07. The highest BCUT2D eigenvalue weighted by atomic mass is 19.3. The van der Waals surface area contributed by atoms with Crippen molar-refractivity contribution in [2.45, 2.75) is 6.43 Å². The summed E-state index contributed by atoms with van der Waals surface area (Å²) in [6.07, 6.45) is -1.27. The first kappa shape index (κ1) is 11.4. The summed E-state index contributed by atoms with van der Waals surface area (Å²) >= 11 is 0. The van der Waals surface area contributed by atoms with E-state index in [1.54, 1.807) is 0 Å². The Morgan fingerprint density at radius 1 is 1.53 bits per heavy atom. The van der Waals surface area contributed by atoms with Crippen molar-refractivity contribution in [3.63, 3.8) is 0 Å². The first-order valence-electron chi connectivity index (χ1n) is 4.23. The van der Waals surface area contributed by atoms with Crippen LogP contribution in [0.15, 0.2) is 24.8 Å². The Morgan fingerprint density at radius 3 is 2.67 bits per heavy atom. The summed E-state index contributed by atoms with van der Waals surface area (Å²) in [4.78, 5) is 11.2. The molecule has 4 heteroatoms. The SMILES string of the molecule is C=Cc1ccc(C(=O)OC)c(C(F)F)c1. The van der Waals surface area contributed by atoms with E-state index < -0.39 is 12.4 Å². The van der Waals surface area contributed by atoms with Crippen LogP contribution in [0.2, 0.25) is 0 Å². The Labute approximate surface area is 86.2 Å². The van der Waals surface area contributed by atoms with Gasteiger partial charge in [-0.1, -0.05) is 18.7 Å². The monoisotopic (exact) mass is 212 g/mol. The standard InChI is InChI=1S/C11H10F2O2/c1-3-7-4-5-8(11(14)15-2)9(6-7)10(12)13/h3-6,10H,1H2,2H3. The molecule has 0 heterocycles. The average Bonchev–Trinajstić information content (AvgIpc) is 2.27. The molecule has 0 aromatic heterocycles. The van der Waals surface area contributed by atoms with Crippen LogP contribution in [-0.2, 0) is 4.74 Å². The zero-order valence-electron chi connectivity index (χ0n) is 8.17. The molecule has 0 aliphatic carbocycles.